The number of amidine groups is 1. The standard InChI is InChI=1S/C9H8N4O/c10-8(14)7-9-12-3-1-2-5-13(9)6-4-11-7/h1-6H,(H2,10,14). The van der Waals surface area contributed by atoms with Crippen molar-refractivity contribution in [1.29, 1.82) is 0 Å². The molecule has 2 aliphatic rings. The maximum absolute atomic E-state index is 11.0. The van der Waals surface area contributed by atoms with E-state index in [1.165, 1.54) is 6.20 Å². The van der Waals surface area contributed by atoms with Gasteiger partial charge in [-0.05, 0) is 12.2 Å². The molecule has 14 heavy (non-hydrogen) atoms. The van der Waals surface area contributed by atoms with Gasteiger partial charge in [0.15, 0.2) is 11.5 Å². The van der Waals surface area contributed by atoms with Gasteiger partial charge in [-0.25, -0.2) is 9.98 Å². The van der Waals surface area contributed by atoms with Crippen LogP contribution in [0.1, 0.15) is 0 Å². The average molecular weight is 188 g/mol. The van der Waals surface area contributed by atoms with E-state index in [1.807, 2.05) is 6.08 Å². The molecule has 5 nitrogen and oxygen atoms in total. The fraction of sp³-hybridized carbons (Fsp3) is 0. The zero-order valence-corrected chi connectivity index (χ0v) is 7.29. The van der Waals surface area contributed by atoms with Crippen molar-refractivity contribution in [2.24, 2.45) is 15.7 Å². The van der Waals surface area contributed by atoms with Crippen LogP contribution in [0.4, 0.5) is 0 Å². The summed E-state index contributed by atoms with van der Waals surface area (Å²) in [6.07, 6.45) is 10.1. The van der Waals surface area contributed by atoms with Crippen molar-refractivity contribution in [2.45, 2.75) is 0 Å². The number of primary amides is 1. The summed E-state index contributed by atoms with van der Waals surface area (Å²) in [4.78, 5) is 20.7. The van der Waals surface area contributed by atoms with E-state index < -0.39 is 5.91 Å². The van der Waals surface area contributed by atoms with Crippen molar-refractivity contribution in [3.63, 3.8) is 0 Å². The molecule has 0 unspecified atom stereocenters. The molecule has 2 heterocycles. The van der Waals surface area contributed by atoms with Gasteiger partial charge in [0.1, 0.15) is 0 Å². The highest BCUT2D eigenvalue weighted by atomic mass is 16.1. The smallest absolute Gasteiger partial charge is 0.271 e. The van der Waals surface area contributed by atoms with Crippen molar-refractivity contribution in [2.75, 3.05) is 0 Å². The number of hydrogen-bond acceptors (Lipinski definition) is 4. The van der Waals surface area contributed by atoms with Gasteiger partial charge in [0, 0.05) is 24.8 Å². The molecule has 0 aromatic heterocycles. The van der Waals surface area contributed by atoms with Crippen molar-refractivity contribution in [3.8, 4) is 0 Å². The molecule has 0 spiro atoms. The predicted molar refractivity (Wildman–Crippen MR) is 53.3 cm³/mol. The molecule has 0 atom stereocenters. The van der Waals surface area contributed by atoms with Crippen molar-refractivity contribution < 1.29 is 4.79 Å². The van der Waals surface area contributed by atoms with Crippen LogP contribution in [0.2, 0.25) is 0 Å². The second-order valence-corrected chi connectivity index (χ2v) is 2.68. The molecule has 0 fully saturated rings. The fourth-order valence-electron chi connectivity index (χ4n) is 1.16. The molecular weight excluding hydrogens is 180 g/mol. The monoisotopic (exact) mass is 188 g/mol. The summed E-state index contributed by atoms with van der Waals surface area (Å²) < 4.78 is 0. The number of fused-ring (bicyclic) bond motifs is 1. The zero-order chi connectivity index (χ0) is 9.97. The van der Waals surface area contributed by atoms with Gasteiger partial charge in [0.2, 0.25) is 0 Å². The van der Waals surface area contributed by atoms with Crippen LogP contribution >= 0.6 is 0 Å². The zero-order valence-electron chi connectivity index (χ0n) is 7.29. The summed E-state index contributed by atoms with van der Waals surface area (Å²) in [5.74, 6) is -0.133. The minimum Gasteiger partial charge on any atom is -0.364 e. The Morgan fingerprint density at radius 1 is 1.21 bits per heavy atom. The lowest BCUT2D eigenvalue weighted by molar-refractivity contribution is -0.111. The van der Waals surface area contributed by atoms with E-state index in [-0.39, 0.29) is 5.71 Å². The minimum absolute atomic E-state index is 0.170. The number of hydrogen-bond donors (Lipinski definition) is 1. The highest BCUT2D eigenvalue weighted by Crippen LogP contribution is 2.07. The lowest BCUT2D eigenvalue weighted by atomic mass is 10.2. The van der Waals surface area contributed by atoms with E-state index >= 15 is 0 Å². The lowest BCUT2D eigenvalue weighted by Crippen LogP contribution is -2.39. The quantitative estimate of drug-likeness (QED) is 0.635. The highest BCUT2D eigenvalue weighted by molar-refractivity contribution is 6.66. The number of nitrogens with zero attached hydrogens (tertiary/aromatic N) is 3. The molecule has 0 aliphatic carbocycles. The summed E-state index contributed by atoms with van der Waals surface area (Å²) >= 11 is 0. The molecule has 2 aliphatic heterocycles. The number of rotatable bonds is 1. The third-order valence-electron chi connectivity index (χ3n) is 1.76. The molecule has 1 amide bonds. The highest BCUT2D eigenvalue weighted by Gasteiger charge is 2.21. The first-order valence-corrected chi connectivity index (χ1v) is 4.03. The number of carbonyl (C=O) groups excluding carboxylic acids is 1. The molecule has 2 N–H and O–H groups in total. The van der Waals surface area contributed by atoms with E-state index in [2.05, 4.69) is 9.98 Å². The van der Waals surface area contributed by atoms with Gasteiger partial charge in [-0.1, -0.05) is 0 Å². The van der Waals surface area contributed by atoms with E-state index in [4.69, 9.17) is 5.73 Å². The van der Waals surface area contributed by atoms with Crippen LogP contribution in [0.25, 0.3) is 0 Å². The average Bonchev–Trinajstić information content (AvgIpc) is 2.41. The Hall–Kier alpha value is -2.17. The van der Waals surface area contributed by atoms with Crippen molar-refractivity contribution in [1.82, 2.24) is 4.90 Å². The SMILES string of the molecule is NC(=O)C1=NC=CN2C=CC=CN=C12. The van der Waals surface area contributed by atoms with Crippen LogP contribution in [0.5, 0.6) is 0 Å². The summed E-state index contributed by atoms with van der Waals surface area (Å²) in [6.45, 7) is 0. The summed E-state index contributed by atoms with van der Waals surface area (Å²) in [5.41, 5.74) is 5.34. The second kappa shape index (κ2) is 3.29. The van der Waals surface area contributed by atoms with E-state index in [1.54, 1.807) is 29.6 Å². The first-order valence-electron chi connectivity index (χ1n) is 4.03. The Kier molecular flexibility index (Phi) is 1.98. The van der Waals surface area contributed by atoms with Gasteiger partial charge < -0.3 is 10.6 Å². The molecule has 0 radical (unpaired) electrons. The van der Waals surface area contributed by atoms with Crippen molar-refractivity contribution >= 4 is 17.5 Å². The van der Waals surface area contributed by atoms with E-state index in [0.717, 1.165) is 0 Å². The Bertz CT molecular complexity index is 415. The van der Waals surface area contributed by atoms with Crippen molar-refractivity contribution in [3.05, 3.63) is 37.0 Å². The molecular formula is C9H8N4O. The fourth-order valence-corrected chi connectivity index (χ4v) is 1.16. The van der Waals surface area contributed by atoms with E-state index in [9.17, 15) is 4.79 Å². The van der Waals surface area contributed by atoms with Gasteiger partial charge in [-0.15, -0.1) is 0 Å². The van der Waals surface area contributed by atoms with Gasteiger partial charge >= 0.3 is 0 Å². The second-order valence-electron chi connectivity index (χ2n) is 2.68. The number of amides is 1. The predicted octanol–water partition coefficient (Wildman–Crippen LogP) is 0.139. The topological polar surface area (TPSA) is 71.1 Å². The maximum Gasteiger partial charge on any atom is 0.271 e. The van der Waals surface area contributed by atoms with Gasteiger partial charge in [-0.3, -0.25) is 4.79 Å². The minimum atomic E-state index is -0.582. The van der Waals surface area contributed by atoms with Crippen LogP contribution < -0.4 is 5.73 Å². The van der Waals surface area contributed by atoms with Crippen LogP contribution in [0.15, 0.2) is 46.9 Å². The summed E-state index contributed by atoms with van der Waals surface area (Å²) in [6, 6.07) is 0. The van der Waals surface area contributed by atoms with Crippen LogP contribution in [-0.2, 0) is 4.79 Å². The third kappa shape index (κ3) is 1.35. The molecule has 2 rings (SSSR count). The lowest BCUT2D eigenvalue weighted by Gasteiger charge is -2.19. The third-order valence-corrected chi connectivity index (χ3v) is 1.76. The van der Waals surface area contributed by atoms with Gasteiger partial charge in [0.25, 0.3) is 5.91 Å². The summed E-state index contributed by atoms with van der Waals surface area (Å²) in [5, 5.41) is 0. The Morgan fingerprint density at radius 2 is 2.07 bits per heavy atom. The normalized spacial score (nSPS) is 18.4. The molecule has 0 aromatic rings. The molecule has 5 heteroatoms. The number of allylic oxidation sites excluding steroid dienone is 2. The molecule has 0 saturated carbocycles. The first kappa shape index (κ1) is 8.43. The number of carbonyl (C=O) groups is 1. The Morgan fingerprint density at radius 3 is 2.86 bits per heavy atom. The molecule has 0 saturated heterocycles. The van der Waals surface area contributed by atoms with Crippen LogP contribution in [0, 0.1) is 0 Å². The number of nitrogens with two attached hydrogens (primary N) is 1. The first-order chi connectivity index (χ1) is 6.79. The Balaban J connectivity index is 2.46. The largest absolute Gasteiger partial charge is 0.364 e. The number of aliphatic imine (C=N–C) groups is 2. The van der Waals surface area contributed by atoms with Crippen LogP contribution in [-0.4, -0.2) is 22.4 Å². The van der Waals surface area contributed by atoms with E-state index in [0.29, 0.717) is 5.84 Å². The van der Waals surface area contributed by atoms with Gasteiger partial charge in [-0.2, -0.15) is 0 Å². The molecule has 0 aromatic carbocycles. The Labute approximate surface area is 80.6 Å². The van der Waals surface area contributed by atoms with Crippen LogP contribution in [0.3, 0.4) is 0 Å². The molecule has 70 valence electrons. The molecule has 0 bridgehead atoms. The maximum atomic E-state index is 11.0. The summed E-state index contributed by atoms with van der Waals surface area (Å²) in [7, 11) is 0. The van der Waals surface area contributed by atoms with Gasteiger partial charge in [0.05, 0.1) is 0 Å².